The van der Waals surface area contributed by atoms with Crippen LogP contribution >= 0.6 is 0 Å². The van der Waals surface area contributed by atoms with E-state index in [1.54, 1.807) is 0 Å². The molecule has 4 nitrogen and oxygen atoms in total. The van der Waals surface area contributed by atoms with E-state index in [1.807, 2.05) is 18.6 Å². The van der Waals surface area contributed by atoms with Crippen molar-refractivity contribution in [2.24, 2.45) is 5.92 Å². The Morgan fingerprint density at radius 1 is 1.30 bits per heavy atom. The summed E-state index contributed by atoms with van der Waals surface area (Å²) in [6.07, 6.45) is -4.31. The number of alkyl halides is 3. The van der Waals surface area contributed by atoms with Crippen LogP contribution < -0.4 is 10.5 Å². The Kier molecular flexibility index (Phi) is 4.90. The summed E-state index contributed by atoms with van der Waals surface area (Å²) in [5.74, 6) is -0.0909. The van der Waals surface area contributed by atoms with Crippen LogP contribution in [0.25, 0.3) is 0 Å². The van der Waals surface area contributed by atoms with Crippen molar-refractivity contribution in [1.82, 2.24) is 0 Å². The lowest BCUT2D eigenvalue weighted by atomic mass is 10.1. The SMILES string of the molecule is CC(C)CCS(=O)(=O)Nc1ccc(N)cc1C(F)(F)F. The van der Waals surface area contributed by atoms with Crippen molar-refractivity contribution < 1.29 is 21.6 Å². The second-order valence-electron chi connectivity index (χ2n) is 4.91. The summed E-state index contributed by atoms with van der Waals surface area (Å²) < 4.78 is 64.0. The number of nitrogens with one attached hydrogen (secondary N) is 1. The van der Waals surface area contributed by atoms with E-state index < -0.39 is 27.5 Å². The molecule has 1 aromatic rings. The Balaban J connectivity index is 3.04. The number of benzene rings is 1. The Hall–Kier alpha value is -1.44. The molecule has 0 aliphatic carbocycles. The average molecular weight is 310 g/mol. The number of hydrogen-bond donors (Lipinski definition) is 2. The molecule has 0 aliphatic heterocycles. The van der Waals surface area contributed by atoms with Gasteiger partial charge in [-0.05, 0) is 30.5 Å². The summed E-state index contributed by atoms with van der Waals surface area (Å²) in [4.78, 5) is 0. The van der Waals surface area contributed by atoms with Gasteiger partial charge in [0.05, 0.1) is 17.0 Å². The molecule has 0 bridgehead atoms. The quantitative estimate of drug-likeness (QED) is 0.821. The summed E-state index contributed by atoms with van der Waals surface area (Å²) in [6.45, 7) is 3.67. The molecule has 0 saturated carbocycles. The molecule has 8 heteroatoms. The van der Waals surface area contributed by atoms with Gasteiger partial charge >= 0.3 is 6.18 Å². The van der Waals surface area contributed by atoms with Crippen molar-refractivity contribution in [3.8, 4) is 0 Å². The summed E-state index contributed by atoms with van der Waals surface area (Å²) in [6, 6.07) is 2.95. The molecule has 1 rings (SSSR count). The molecule has 0 aromatic heterocycles. The molecule has 0 heterocycles. The number of sulfonamides is 1. The van der Waals surface area contributed by atoms with Gasteiger partial charge in [-0.2, -0.15) is 13.2 Å². The first-order valence-corrected chi connectivity index (χ1v) is 7.64. The molecule has 0 aliphatic rings. The van der Waals surface area contributed by atoms with Crippen LogP contribution in [0.1, 0.15) is 25.8 Å². The zero-order valence-electron chi connectivity index (χ0n) is 11.2. The van der Waals surface area contributed by atoms with Crippen LogP contribution in [0.2, 0.25) is 0 Å². The van der Waals surface area contributed by atoms with Crippen LogP contribution in [0, 0.1) is 5.92 Å². The zero-order chi connectivity index (χ0) is 15.6. The van der Waals surface area contributed by atoms with Crippen LogP contribution in [-0.4, -0.2) is 14.2 Å². The Bertz CT molecular complexity index is 569. The number of nitrogens with two attached hydrogens (primary N) is 1. The maximum Gasteiger partial charge on any atom is 0.418 e. The highest BCUT2D eigenvalue weighted by molar-refractivity contribution is 7.92. The lowest BCUT2D eigenvalue weighted by molar-refractivity contribution is -0.136. The third-order valence-electron chi connectivity index (χ3n) is 2.58. The number of halogens is 3. The van der Waals surface area contributed by atoms with Gasteiger partial charge < -0.3 is 5.73 Å². The molecule has 114 valence electrons. The normalized spacial score (nSPS) is 12.7. The van der Waals surface area contributed by atoms with Gasteiger partial charge in [0, 0.05) is 5.69 Å². The van der Waals surface area contributed by atoms with E-state index in [4.69, 9.17) is 5.73 Å². The minimum Gasteiger partial charge on any atom is -0.399 e. The van der Waals surface area contributed by atoms with Crippen molar-refractivity contribution in [2.45, 2.75) is 26.4 Å². The van der Waals surface area contributed by atoms with Gasteiger partial charge in [-0.3, -0.25) is 4.72 Å². The summed E-state index contributed by atoms with van der Waals surface area (Å²) in [5.41, 5.74) is 3.63. The molecular weight excluding hydrogens is 293 g/mol. The van der Waals surface area contributed by atoms with E-state index in [1.165, 1.54) is 6.07 Å². The summed E-state index contributed by atoms with van der Waals surface area (Å²) in [5, 5.41) is 0. The smallest absolute Gasteiger partial charge is 0.399 e. The van der Waals surface area contributed by atoms with Crippen LogP contribution in [-0.2, 0) is 16.2 Å². The second-order valence-corrected chi connectivity index (χ2v) is 6.75. The molecule has 0 unspecified atom stereocenters. The highest BCUT2D eigenvalue weighted by Crippen LogP contribution is 2.36. The molecule has 3 N–H and O–H groups in total. The maximum absolute atomic E-state index is 12.8. The van der Waals surface area contributed by atoms with E-state index in [2.05, 4.69) is 0 Å². The molecule has 0 atom stereocenters. The molecular formula is C12H17F3N2O2S. The van der Waals surface area contributed by atoms with E-state index >= 15 is 0 Å². The molecule has 0 amide bonds. The lowest BCUT2D eigenvalue weighted by Crippen LogP contribution is -2.20. The Morgan fingerprint density at radius 2 is 1.90 bits per heavy atom. The summed E-state index contributed by atoms with van der Waals surface area (Å²) in [7, 11) is -3.82. The number of rotatable bonds is 5. The molecule has 0 spiro atoms. The van der Waals surface area contributed by atoms with E-state index in [9.17, 15) is 21.6 Å². The maximum atomic E-state index is 12.8. The van der Waals surface area contributed by atoms with Crippen molar-refractivity contribution in [3.63, 3.8) is 0 Å². The van der Waals surface area contributed by atoms with Gasteiger partial charge in [0.1, 0.15) is 0 Å². The monoisotopic (exact) mass is 310 g/mol. The Morgan fingerprint density at radius 3 is 2.40 bits per heavy atom. The first kappa shape index (κ1) is 16.6. The predicted octanol–water partition coefficient (Wildman–Crippen LogP) is 3.08. The predicted molar refractivity (Wildman–Crippen MR) is 72.7 cm³/mol. The molecule has 0 saturated heterocycles. The van der Waals surface area contributed by atoms with Gasteiger partial charge in [-0.25, -0.2) is 8.42 Å². The van der Waals surface area contributed by atoms with Gasteiger partial charge in [-0.1, -0.05) is 13.8 Å². The van der Waals surface area contributed by atoms with Gasteiger partial charge in [-0.15, -0.1) is 0 Å². The standard InChI is InChI=1S/C12H17F3N2O2S/c1-8(2)5-6-20(18,19)17-11-4-3-9(16)7-10(11)12(13,14)15/h3-4,7-8,17H,5-6,16H2,1-2H3. The fourth-order valence-corrected chi connectivity index (χ4v) is 2.89. The van der Waals surface area contributed by atoms with Crippen molar-refractivity contribution in [3.05, 3.63) is 23.8 Å². The Labute approximate surface area is 116 Å². The van der Waals surface area contributed by atoms with E-state index in [0.29, 0.717) is 12.5 Å². The molecule has 20 heavy (non-hydrogen) atoms. The minimum absolute atomic E-state index is 0.0811. The van der Waals surface area contributed by atoms with Crippen LogP contribution in [0.3, 0.4) is 0 Å². The first-order chi connectivity index (χ1) is 9.01. The number of hydrogen-bond acceptors (Lipinski definition) is 3. The zero-order valence-corrected chi connectivity index (χ0v) is 12.0. The van der Waals surface area contributed by atoms with Crippen LogP contribution in [0.4, 0.5) is 24.5 Å². The molecule has 0 fully saturated rings. The van der Waals surface area contributed by atoms with Gasteiger partial charge in [0.2, 0.25) is 10.0 Å². The fraction of sp³-hybridized carbons (Fsp3) is 0.500. The largest absolute Gasteiger partial charge is 0.418 e. The van der Waals surface area contributed by atoms with Crippen molar-refractivity contribution in [1.29, 1.82) is 0 Å². The first-order valence-electron chi connectivity index (χ1n) is 5.98. The lowest BCUT2D eigenvalue weighted by Gasteiger charge is -2.15. The van der Waals surface area contributed by atoms with E-state index in [-0.39, 0.29) is 17.4 Å². The number of nitrogen functional groups attached to an aromatic ring is 1. The van der Waals surface area contributed by atoms with Crippen LogP contribution in [0.15, 0.2) is 18.2 Å². The molecule has 0 radical (unpaired) electrons. The average Bonchev–Trinajstić information content (AvgIpc) is 2.27. The third-order valence-corrected chi connectivity index (χ3v) is 3.88. The second kappa shape index (κ2) is 5.90. The third kappa shape index (κ3) is 4.92. The highest BCUT2D eigenvalue weighted by Gasteiger charge is 2.34. The van der Waals surface area contributed by atoms with Gasteiger partial charge in [0.25, 0.3) is 0 Å². The van der Waals surface area contributed by atoms with Crippen LogP contribution in [0.5, 0.6) is 0 Å². The van der Waals surface area contributed by atoms with Gasteiger partial charge in [0.15, 0.2) is 0 Å². The van der Waals surface area contributed by atoms with Crippen molar-refractivity contribution in [2.75, 3.05) is 16.2 Å². The van der Waals surface area contributed by atoms with Crippen molar-refractivity contribution >= 4 is 21.4 Å². The molecule has 1 aromatic carbocycles. The van der Waals surface area contributed by atoms with E-state index in [0.717, 1.165) is 6.07 Å². The topological polar surface area (TPSA) is 72.2 Å². The fourth-order valence-electron chi connectivity index (χ4n) is 1.49. The summed E-state index contributed by atoms with van der Waals surface area (Å²) >= 11 is 0. The number of anilines is 2. The highest BCUT2D eigenvalue weighted by atomic mass is 32.2. The minimum atomic E-state index is -4.68.